The lowest BCUT2D eigenvalue weighted by molar-refractivity contribution is -0.145. The number of aliphatic carboxylic acids is 1. The van der Waals surface area contributed by atoms with E-state index in [2.05, 4.69) is 10.6 Å². The summed E-state index contributed by atoms with van der Waals surface area (Å²) in [7, 11) is 3.25. The summed E-state index contributed by atoms with van der Waals surface area (Å²) in [6, 6.07) is -0.969. The van der Waals surface area contributed by atoms with Gasteiger partial charge in [-0.1, -0.05) is 6.42 Å². The summed E-state index contributed by atoms with van der Waals surface area (Å²) < 4.78 is 0. The Hall–Kier alpha value is -1.28. The van der Waals surface area contributed by atoms with Crippen LogP contribution in [-0.2, 0) is 14.4 Å². The first-order chi connectivity index (χ1) is 10.9. The first-order valence-corrected chi connectivity index (χ1v) is 9.22. The van der Waals surface area contributed by atoms with Gasteiger partial charge in [0.2, 0.25) is 11.8 Å². The van der Waals surface area contributed by atoms with Gasteiger partial charge < -0.3 is 20.6 Å². The number of hydrogen-bond donors (Lipinski definition) is 3. The molecule has 1 atom stereocenters. The van der Waals surface area contributed by atoms with E-state index in [4.69, 9.17) is 5.11 Å². The quantitative estimate of drug-likeness (QED) is 0.421. The fourth-order valence-corrected chi connectivity index (χ4v) is 2.54. The zero-order chi connectivity index (χ0) is 17.7. The Morgan fingerprint density at radius 2 is 1.87 bits per heavy atom. The van der Waals surface area contributed by atoms with Crippen LogP contribution >= 0.6 is 11.8 Å². The molecule has 0 heterocycles. The van der Waals surface area contributed by atoms with E-state index in [1.54, 1.807) is 18.8 Å². The predicted octanol–water partition coefficient (Wildman–Crippen LogP) is 0.547. The molecule has 0 bridgehead atoms. The van der Waals surface area contributed by atoms with Gasteiger partial charge in [0.1, 0.15) is 6.04 Å². The van der Waals surface area contributed by atoms with E-state index >= 15 is 0 Å². The number of carbonyl (C=O) groups is 3. The minimum atomic E-state index is -1.10. The highest BCUT2D eigenvalue weighted by molar-refractivity contribution is 7.98. The zero-order valence-corrected chi connectivity index (χ0v) is 15.1. The molecule has 0 rings (SSSR count). The van der Waals surface area contributed by atoms with Crippen LogP contribution in [0.5, 0.6) is 0 Å². The molecule has 8 heteroatoms. The van der Waals surface area contributed by atoms with Gasteiger partial charge in [0.15, 0.2) is 0 Å². The number of rotatable bonds is 13. The second-order valence-corrected chi connectivity index (χ2v) is 6.30. The summed E-state index contributed by atoms with van der Waals surface area (Å²) in [5.74, 6) is -0.650. The number of nitrogens with zero attached hydrogens (tertiary/aromatic N) is 1. The van der Waals surface area contributed by atoms with Crippen LogP contribution in [0.25, 0.3) is 0 Å². The molecule has 0 aliphatic heterocycles. The number of nitrogens with one attached hydrogen (secondary N) is 2. The average molecular weight is 347 g/mol. The third-order valence-corrected chi connectivity index (χ3v) is 4.14. The molecule has 0 spiro atoms. The second-order valence-electron chi connectivity index (χ2n) is 5.32. The van der Waals surface area contributed by atoms with Crippen molar-refractivity contribution < 1.29 is 19.5 Å². The summed E-state index contributed by atoms with van der Waals surface area (Å²) in [6.07, 6.45) is 4.76. The largest absolute Gasteiger partial charge is 0.481 e. The summed E-state index contributed by atoms with van der Waals surface area (Å²) in [5.41, 5.74) is 0. The molecule has 2 amide bonds. The summed E-state index contributed by atoms with van der Waals surface area (Å²) >= 11 is 1.77. The van der Waals surface area contributed by atoms with E-state index in [1.807, 2.05) is 6.26 Å². The Balaban J connectivity index is 4.47. The Kier molecular flexibility index (Phi) is 12.5. The van der Waals surface area contributed by atoms with Crippen molar-refractivity contribution in [1.29, 1.82) is 0 Å². The smallest absolute Gasteiger partial charge is 0.305 e. The van der Waals surface area contributed by atoms with Crippen molar-refractivity contribution >= 4 is 29.5 Å². The minimum absolute atomic E-state index is 0.191. The number of hydrogen-bond acceptors (Lipinski definition) is 5. The van der Waals surface area contributed by atoms with E-state index in [1.165, 1.54) is 11.9 Å². The fraction of sp³-hybridized carbons (Fsp3) is 0.800. The first-order valence-electron chi connectivity index (χ1n) is 7.82. The van der Waals surface area contributed by atoms with Crippen LogP contribution in [0.15, 0.2) is 0 Å². The summed E-state index contributed by atoms with van der Waals surface area (Å²) in [5, 5.41) is 14.5. The maximum atomic E-state index is 12.2. The molecule has 0 saturated heterocycles. The Labute approximate surface area is 142 Å². The predicted molar refractivity (Wildman–Crippen MR) is 92.6 cm³/mol. The number of amides is 2. The van der Waals surface area contributed by atoms with Crippen molar-refractivity contribution in [3.8, 4) is 0 Å². The van der Waals surface area contributed by atoms with Gasteiger partial charge in [-0.05, 0) is 31.9 Å². The second kappa shape index (κ2) is 13.2. The molecule has 0 aromatic heterocycles. The first kappa shape index (κ1) is 21.7. The number of carboxylic acid groups (broad SMARTS) is 1. The molecule has 0 radical (unpaired) electrons. The molecule has 7 nitrogen and oxygen atoms in total. The van der Waals surface area contributed by atoms with Gasteiger partial charge in [0.25, 0.3) is 0 Å². The highest BCUT2D eigenvalue weighted by atomic mass is 32.2. The number of likely N-dealkylation sites (N-methyl/N-ethyl adjacent to an activating group) is 2. The van der Waals surface area contributed by atoms with Crippen LogP contribution in [0.2, 0.25) is 0 Å². The molecule has 0 aromatic rings. The lowest BCUT2D eigenvalue weighted by Gasteiger charge is -2.26. The van der Waals surface area contributed by atoms with Gasteiger partial charge in [-0.3, -0.25) is 14.4 Å². The van der Waals surface area contributed by atoms with E-state index in [9.17, 15) is 14.4 Å². The molecule has 0 fully saturated rings. The monoisotopic (exact) mass is 347 g/mol. The normalized spacial score (nSPS) is 11.8. The average Bonchev–Trinajstić information content (AvgIpc) is 2.51. The molecule has 0 aliphatic rings. The zero-order valence-electron chi connectivity index (χ0n) is 14.3. The van der Waals surface area contributed by atoms with Gasteiger partial charge >= 0.3 is 5.97 Å². The number of carbonyl (C=O) groups excluding carboxylic acids is 2. The molecule has 0 aromatic carbocycles. The van der Waals surface area contributed by atoms with Gasteiger partial charge in [-0.25, -0.2) is 0 Å². The fourth-order valence-electron chi connectivity index (χ4n) is 2.05. The maximum Gasteiger partial charge on any atom is 0.305 e. The van der Waals surface area contributed by atoms with E-state index in [0.29, 0.717) is 19.5 Å². The van der Waals surface area contributed by atoms with Crippen LogP contribution in [0, 0.1) is 0 Å². The van der Waals surface area contributed by atoms with Crippen LogP contribution in [-0.4, -0.2) is 73.0 Å². The van der Waals surface area contributed by atoms with Crippen molar-refractivity contribution in [3.05, 3.63) is 0 Å². The van der Waals surface area contributed by atoms with E-state index in [-0.39, 0.29) is 12.3 Å². The Morgan fingerprint density at radius 3 is 2.43 bits per heavy atom. The van der Waals surface area contributed by atoms with Crippen LogP contribution in [0.1, 0.15) is 32.1 Å². The third-order valence-electron chi connectivity index (χ3n) is 3.44. The van der Waals surface area contributed by atoms with Crippen LogP contribution in [0.3, 0.4) is 0 Å². The number of carboxylic acids is 1. The lowest BCUT2D eigenvalue weighted by Crippen LogP contribution is -2.49. The summed E-state index contributed by atoms with van der Waals surface area (Å²) in [6.45, 7) is 0.973. The van der Waals surface area contributed by atoms with Crippen LogP contribution < -0.4 is 10.6 Å². The molecule has 0 unspecified atom stereocenters. The highest BCUT2D eigenvalue weighted by Gasteiger charge is 2.28. The SMILES string of the molecule is CNCCNC(=O)[C@H](CC(=O)O)N(C)C(=O)CCCCCSC. The Bertz CT molecular complexity index is 380. The van der Waals surface area contributed by atoms with E-state index in [0.717, 1.165) is 25.0 Å². The molecular weight excluding hydrogens is 318 g/mol. The van der Waals surface area contributed by atoms with Crippen LogP contribution in [0.4, 0.5) is 0 Å². The number of thioether (sulfide) groups is 1. The van der Waals surface area contributed by atoms with Gasteiger partial charge in [0, 0.05) is 26.6 Å². The maximum absolute atomic E-state index is 12.2. The van der Waals surface area contributed by atoms with Crippen molar-refractivity contribution in [2.45, 2.75) is 38.1 Å². The molecular formula is C15H29N3O4S. The van der Waals surface area contributed by atoms with Crippen molar-refractivity contribution in [2.75, 3.05) is 39.2 Å². The third kappa shape index (κ3) is 10.2. The standard InChI is InChI=1S/C15H29N3O4S/c1-16-8-9-17-15(22)12(11-14(20)21)18(2)13(19)7-5-4-6-10-23-3/h12,16H,4-11H2,1-3H3,(H,17,22)(H,20,21)/t12-/m0/s1. The van der Waals surface area contributed by atoms with Gasteiger partial charge in [0.05, 0.1) is 6.42 Å². The molecule has 0 aliphatic carbocycles. The lowest BCUT2D eigenvalue weighted by atomic mass is 10.1. The highest BCUT2D eigenvalue weighted by Crippen LogP contribution is 2.10. The van der Waals surface area contributed by atoms with Gasteiger partial charge in [-0.2, -0.15) is 11.8 Å². The van der Waals surface area contributed by atoms with Crippen molar-refractivity contribution in [3.63, 3.8) is 0 Å². The molecule has 134 valence electrons. The minimum Gasteiger partial charge on any atom is -0.481 e. The van der Waals surface area contributed by atoms with E-state index < -0.39 is 17.9 Å². The number of unbranched alkanes of at least 4 members (excludes halogenated alkanes) is 2. The molecule has 3 N–H and O–H groups in total. The van der Waals surface area contributed by atoms with Gasteiger partial charge in [-0.15, -0.1) is 0 Å². The Morgan fingerprint density at radius 1 is 1.17 bits per heavy atom. The molecule has 23 heavy (non-hydrogen) atoms. The van der Waals surface area contributed by atoms with Crippen molar-refractivity contribution in [1.82, 2.24) is 15.5 Å². The summed E-state index contributed by atoms with van der Waals surface area (Å²) in [4.78, 5) is 36.5. The molecule has 0 saturated carbocycles. The topological polar surface area (TPSA) is 98.7 Å². The van der Waals surface area contributed by atoms with Crippen molar-refractivity contribution in [2.24, 2.45) is 0 Å².